The number of nitrogens with one attached hydrogen (secondary N) is 1. The number of urea groups is 1. The van der Waals surface area contributed by atoms with Crippen molar-refractivity contribution in [2.75, 3.05) is 32.0 Å². The second-order valence-electron chi connectivity index (χ2n) is 10.2. The number of hydrogen-bond acceptors (Lipinski definition) is 5. The monoisotopic (exact) mass is 512 g/mol. The van der Waals surface area contributed by atoms with Gasteiger partial charge in [-0.05, 0) is 68.8 Å². The van der Waals surface area contributed by atoms with E-state index >= 15 is 0 Å². The number of phenols is 1. The summed E-state index contributed by atoms with van der Waals surface area (Å²) in [5.41, 5.74) is 1.06. The van der Waals surface area contributed by atoms with Gasteiger partial charge in [-0.25, -0.2) is 9.18 Å². The summed E-state index contributed by atoms with van der Waals surface area (Å²) in [6, 6.07) is 8.53. The molecular formula is C27H30ClFN4O3. The minimum atomic E-state index is -1.09. The van der Waals surface area contributed by atoms with Gasteiger partial charge in [-0.15, -0.1) is 6.58 Å². The van der Waals surface area contributed by atoms with Crippen molar-refractivity contribution in [3.63, 3.8) is 0 Å². The van der Waals surface area contributed by atoms with E-state index in [1.54, 1.807) is 29.2 Å². The van der Waals surface area contributed by atoms with E-state index in [0.717, 1.165) is 18.7 Å². The van der Waals surface area contributed by atoms with Crippen LogP contribution < -0.4 is 5.32 Å². The van der Waals surface area contributed by atoms with E-state index in [1.165, 1.54) is 11.0 Å². The van der Waals surface area contributed by atoms with Crippen LogP contribution in [0.3, 0.4) is 0 Å². The van der Waals surface area contributed by atoms with Crippen LogP contribution in [0.4, 0.5) is 14.9 Å². The van der Waals surface area contributed by atoms with Gasteiger partial charge in [0.25, 0.3) is 5.91 Å². The highest BCUT2D eigenvalue weighted by atomic mass is 35.5. The lowest BCUT2D eigenvalue weighted by Gasteiger charge is -2.48. The van der Waals surface area contributed by atoms with E-state index in [4.69, 9.17) is 11.6 Å². The average molecular weight is 513 g/mol. The van der Waals surface area contributed by atoms with Gasteiger partial charge in [-0.2, -0.15) is 0 Å². The number of nitrogens with zero attached hydrogens (tertiary/aromatic N) is 3. The Bertz CT molecular complexity index is 1240. The van der Waals surface area contributed by atoms with Crippen molar-refractivity contribution >= 4 is 29.2 Å². The molecule has 2 N–H and O–H groups in total. The topological polar surface area (TPSA) is 76.1 Å². The Morgan fingerprint density at radius 1 is 1.33 bits per heavy atom. The van der Waals surface area contributed by atoms with Crippen LogP contribution in [0.1, 0.15) is 42.9 Å². The molecular weight excluding hydrogens is 483 g/mol. The molecule has 0 aliphatic carbocycles. The van der Waals surface area contributed by atoms with Gasteiger partial charge in [0.1, 0.15) is 17.1 Å². The summed E-state index contributed by atoms with van der Waals surface area (Å²) in [5.74, 6) is -0.866. The number of aromatic hydroxyl groups is 1. The van der Waals surface area contributed by atoms with Crippen molar-refractivity contribution in [1.82, 2.24) is 14.7 Å². The highest BCUT2D eigenvalue weighted by molar-refractivity contribution is 6.31. The summed E-state index contributed by atoms with van der Waals surface area (Å²) in [6.07, 6.45) is 2.84. The quantitative estimate of drug-likeness (QED) is 0.414. The Balaban J connectivity index is 1.53. The van der Waals surface area contributed by atoms with Crippen LogP contribution in [0.25, 0.3) is 0 Å². The standard InChI is InChI=1S/C27H30ClFN4O3/c1-4-9-31(3)10-6-11-32-25(35)27(2)15-19-18-13-20(28)21(29)14-22(18)30-23(19)24(33(27)26(32)36)16-7-5-8-17(34)12-16/h4-5,7-8,12-14,19,23-24,30,34H,1,6,9-11,15H2,2-3H3/t19?,23?,24-,27+/m1/s1. The number of benzene rings is 2. The van der Waals surface area contributed by atoms with Gasteiger partial charge in [0.2, 0.25) is 0 Å². The van der Waals surface area contributed by atoms with Gasteiger partial charge < -0.3 is 20.2 Å². The maximum absolute atomic E-state index is 14.3. The van der Waals surface area contributed by atoms with Gasteiger partial charge in [0.15, 0.2) is 0 Å². The average Bonchev–Trinajstić information content (AvgIpc) is 3.25. The molecule has 3 heterocycles. The van der Waals surface area contributed by atoms with Crippen molar-refractivity contribution < 1.29 is 19.1 Å². The predicted molar refractivity (Wildman–Crippen MR) is 137 cm³/mol. The van der Waals surface area contributed by atoms with Crippen molar-refractivity contribution in [3.8, 4) is 5.75 Å². The summed E-state index contributed by atoms with van der Waals surface area (Å²) >= 11 is 6.14. The number of carbonyl (C=O) groups excluding carboxylic acids is 2. The third kappa shape index (κ3) is 3.83. The first kappa shape index (κ1) is 24.6. The van der Waals surface area contributed by atoms with Gasteiger partial charge in [-0.1, -0.05) is 29.8 Å². The van der Waals surface area contributed by atoms with Crippen molar-refractivity contribution in [2.45, 2.75) is 43.3 Å². The zero-order chi connectivity index (χ0) is 25.8. The van der Waals surface area contributed by atoms with E-state index in [1.807, 2.05) is 26.1 Å². The number of halogens is 2. The number of amides is 3. The first-order valence-corrected chi connectivity index (χ1v) is 12.5. The summed E-state index contributed by atoms with van der Waals surface area (Å²) in [5, 5.41) is 13.7. The molecule has 2 aromatic rings. The Morgan fingerprint density at radius 3 is 2.83 bits per heavy atom. The first-order chi connectivity index (χ1) is 17.2. The molecule has 0 saturated carbocycles. The van der Waals surface area contributed by atoms with E-state index in [0.29, 0.717) is 30.6 Å². The molecule has 7 nitrogen and oxygen atoms in total. The van der Waals surface area contributed by atoms with Crippen LogP contribution in [-0.2, 0) is 4.79 Å². The number of piperidine rings is 1. The molecule has 2 saturated heterocycles. The molecule has 3 amide bonds. The van der Waals surface area contributed by atoms with Crippen LogP contribution in [0, 0.1) is 5.82 Å². The summed E-state index contributed by atoms with van der Waals surface area (Å²) in [7, 11) is 1.97. The Labute approximate surface area is 215 Å². The number of carbonyl (C=O) groups is 2. The lowest BCUT2D eigenvalue weighted by molar-refractivity contribution is -0.135. The summed E-state index contributed by atoms with van der Waals surface area (Å²) in [4.78, 5) is 32.7. The van der Waals surface area contributed by atoms with E-state index < -0.39 is 17.4 Å². The largest absolute Gasteiger partial charge is 0.508 e. The van der Waals surface area contributed by atoms with Gasteiger partial charge in [0.05, 0.1) is 17.1 Å². The molecule has 2 aromatic carbocycles. The normalized spacial score (nSPS) is 26.6. The maximum Gasteiger partial charge on any atom is 0.328 e. The molecule has 190 valence electrons. The molecule has 4 atom stereocenters. The number of anilines is 1. The Kier molecular flexibility index (Phi) is 6.21. The van der Waals surface area contributed by atoms with Crippen LogP contribution in [0.15, 0.2) is 49.1 Å². The SMILES string of the molecule is C=CCN(C)CCCN1C(=O)N2[C@H](c3cccc(O)c3)C3Nc4cc(F)c(Cl)cc4C3C[C@@]2(C)C1=O. The number of fused-ring (bicyclic) bond motifs is 4. The van der Waals surface area contributed by atoms with Crippen LogP contribution >= 0.6 is 11.6 Å². The minimum Gasteiger partial charge on any atom is -0.508 e. The van der Waals surface area contributed by atoms with E-state index in [-0.39, 0.29) is 34.7 Å². The fraction of sp³-hybridized carbons (Fsp3) is 0.407. The summed E-state index contributed by atoms with van der Waals surface area (Å²) in [6.45, 7) is 7.32. The highest BCUT2D eigenvalue weighted by Crippen LogP contribution is 2.56. The lowest BCUT2D eigenvalue weighted by atomic mass is 9.72. The van der Waals surface area contributed by atoms with Crippen LogP contribution in [-0.4, -0.2) is 70.0 Å². The van der Waals surface area contributed by atoms with Crippen LogP contribution in [0.5, 0.6) is 5.75 Å². The molecule has 2 unspecified atom stereocenters. The van der Waals surface area contributed by atoms with Crippen molar-refractivity contribution in [1.29, 1.82) is 0 Å². The molecule has 9 heteroatoms. The lowest BCUT2D eigenvalue weighted by Crippen LogP contribution is -2.58. The van der Waals surface area contributed by atoms with E-state index in [2.05, 4.69) is 16.8 Å². The third-order valence-corrected chi connectivity index (χ3v) is 8.02. The van der Waals surface area contributed by atoms with Crippen molar-refractivity contribution in [3.05, 3.63) is 71.0 Å². The predicted octanol–water partition coefficient (Wildman–Crippen LogP) is 4.74. The molecule has 3 aliphatic rings. The number of phenolic OH excluding ortho intramolecular Hbond substituents is 1. The number of hydrogen-bond donors (Lipinski definition) is 2. The Hall–Kier alpha value is -3.10. The molecule has 0 spiro atoms. The molecule has 5 rings (SSSR count). The smallest absolute Gasteiger partial charge is 0.328 e. The van der Waals surface area contributed by atoms with Crippen molar-refractivity contribution in [2.24, 2.45) is 0 Å². The molecule has 36 heavy (non-hydrogen) atoms. The van der Waals surface area contributed by atoms with Gasteiger partial charge in [0, 0.05) is 24.7 Å². The highest BCUT2D eigenvalue weighted by Gasteiger charge is 2.63. The van der Waals surface area contributed by atoms with Crippen LogP contribution in [0.2, 0.25) is 5.02 Å². The fourth-order valence-electron chi connectivity index (χ4n) is 6.10. The molecule has 0 radical (unpaired) electrons. The van der Waals surface area contributed by atoms with Gasteiger partial charge >= 0.3 is 6.03 Å². The zero-order valence-corrected chi connectivity index (χ0v) is 21.1. The number of rotatable bonds is 7. The summed E-state index contributed by atoms with van der Waals surface area (Å²) < 4.78 is 14.3. The fourth-order valence-corrected chi connectivity index (χ4v) is 6.27. The minimum absolute atomic E-state index is 0.0248. The number of likely N-dealkylation sites (N-methyl/N-ethyl adjacent to an activating group) is 1. The molecule has 3 aliphatic heterocycles. The maximum atomic E-state index is 14.3. The molecule has 0 bridgehead atoms. The Morgan fingerprint density at radius 2 is 2.11 bits per heavy atom. The second kappa shape index (κ2) is 9.09. The van der Waals surface area contributed by atoms with E-state index in [9.17, 15) is 19.1 Å². The number of imide groups is 1. The second-order valence-corrected chi connectivity index (χ2v) is 10.6. The molecule has 0 aromatic heterocycles. The third-order valence-electron chi connectivity index (χ3n) is 7.73. The zero-order valence-electron chi connectivity index (χ0n) is 20.4. The molecule has 2 fully saturated rings. The van der Waals surface area contributed by atoms with Gasteiger partial charge in [-0.3, -0.25) is 9.69 Å². The first-order valence-electron chi connectivity index (χ1n) is 12.1.